The number of aliphatic carboxylic acids is 1. The molecule has 0 fully saturated rings. The fourth-order valence-electron chi connectivity index (χ4n) is 1.67. The summed E-state index contributed by atoms with van der Waals surface area (Å²) in [5.41, 5.74) is -0.284. The molecule has 1 atom stereocenters. The van der Waals surface area contributed by atoms with Gasteiger partial charge in [-0.3, -0.25) is 4.79 Å². The molecule has 3 nitrogen and oxygen atoms in total. The van der Waals surface area contributed by atoms with Crippen molar-refractivity contribution in [1.82, 2.24) is 5.32 Å². The van der Waals surface area contributed by atoms with Crippen LogP contribution in [-0.2, 0) is 4.79 Å². The Bertz CT molecular complexity index is 414. The van der Waals surface area contributed by atoms with Crippen LogP contribution in [0, 0.1) is 5.41 Å². The quantitative estimate of drug-likeness (QED) is 0.610. The lowest BCUT2D eigenvalue weighted by molar-refractivity contribution is -0.142. The van der Waals surface area contributed by atoms with E-state index < -0.39 is 12.0 Å². The Morgan fingerprint density at radius 3 is 2.42 bits per heavy atom. The number of carbonyl (C=O) groups is 1. The molecule has 2 N–H and O–H groups in total. The first-order valence-corrected chi connectivity index (χ1v) is 7.93. The molecule has 0 saturated carbocycles. The highest BCUT2D eigenvalue weighted by molar-refractivity contribution is 9.10. The average Bonchev–Trinajstić information content (AvgIpc) is 2.29. The summed E-state index contributed by atoms with van der Waals surface area (Å²) in [6, 6.07) is 7.59. The van der Waals surface area contributed by atoms with Crippen LogP contribution >= 0.6 is 27.7 Å². The van der Waals surface area contributed by atoms with Crippen LogP contribution in [0.15, 0.2) is 33.6 Å². The maximum atomic E-state index is 11.2. The Labute approximate surface area is 127 Å². The van der Waals surface area contributed by atoms with Gasteiger partial charge in [-0.15, -0.1) is 11.8 Å². The first-order chi connectivity index (χ1) is 8.80. The summed E-state index contributed by atoms with van der Waals surface area (Å²) in [5, 5.41) is 12.3. The third-order valence-corrected chi connectivity index (χ3v) is 4.19. The second-order valence-electron chi connectivity index (χ2n) is 5.39. The molecule has 1 aromatic rings. The molecule has 1 rings (SSSR count). The highest BCUT2D eigenvalue weighted by atomic mass is 79.9. The Morgan fingerprint density at radius 2 is 1.95 bits per heavy atom. The Hall–Kier alpha value is -0.520. The molecule has 0 aromatic heterocycles. The molecule has 1 unspecified atom stereocenters. The van der Waals surface area contributed by atoms with Crippen molar-refractivity contribution < 1.29 is 9.90 Å². The monoisotopic (exact) mass is 345 g/mol. The third-order valence-electron chi connectivity index (χ3n) is 2.65. The number of carboxylic acids is 1. The van der Waals surface area contributed by atoms with E-state index in [2.05, 4.69) is 21.2 Å². The molecule has 0 spiro atoms. The topological polar surface area (TPSA) is 49.3 Å². The Morgan fingerprint density at radius 1 is 1.37 bits per heavy atom. The van der Waals surface area contributed by atoms with Crippen LogP contribution in [0.25, 0.3) is 0 Å². The molecule has 0 saturated heterocycles. The molecule has 5 heteroatoms. The second kappa shape index (κ2) is 7.31. The standard InChI is InChI=1S/C14H20BrNO2S/c1-14(2,3)12(13(17)18)16-8-9-19-11-6-4-10(15)5-7-11/h4-7,12,16H,8-9H2,1-3H3,(H,17,18). The maximum Gasteiger partial charge on any atom is 0.321 e. The van der Waals surface area contributed by atoms with E-state index in [4.69, 9.17) is 0 Å². The molecule has 0 aliphatic rings. The number of rotatable bonds is 6. The largest absolute Gasteiger partial charge is 0.480 e. The normalized spacial score (nSPS) is 13.3. The minimum Gasteiger partial charge on any atom is -0.480 e. The fourth-order valence-corrected chi connectivity index (χ4v) is 2.72. The maximum absolute atomic E-state index is 11.2. The number of carboxylic acid groups (broad SMARTS) is 1. The van der Waals surface area contributed by atoms with Crippen LogP contribution in [-0.4, -0.2) is 29.4 Å². The molecular formula is C14H20BrNO2S. The zero-order chi connectivity index (χ0) is 14.5. The zero-order valence-corrected chi connectivity index (χ0v) is 13.8. The lowest BCUT2D eigenvalue weighted by Gasteiger charge is -2.27. The van der Waals surface area contributed by atoms with Gasteiger partial charge in [-0.2, -0.15) is 0 Å². The number of nitrogens with one attached hydrogen (secondary N) is 1. The van der Waals surface area contributed by atoms with Gasteiger partial charge in [0.15, 0.2) is 0 Å². The summed E-state index contributed by atoms with van der Waals surface area (Å²) in [5.74, 6) is 0.0581. The van der Waals surface area contributed by atoms with E-state index in [1.54, 1.807) is 11.8 Å². The van der Waals surface area contributed by atoms with E-state index in [0.717, 1.165) is 10.2 Å². The van der Waals surface area contributed by atoms with Crippen LogP contribution in [0.4, 0.5) is 0 Å². The van der Waals surface area contributed by atoms with E-state index in [1.807, 2.05) is 45.0 Å². The van der Waals surface area contributed by atoms with Crippen LogP contribution in [0.1, 0.15) is 20.8 Å². The lowest BCUT2D eigenvalue weighted by Crippen LogP contribution is -2.47. The molecular weight excluding hydrogens is 326 g/mol. The fraction of sp³-hybridized carbons (Fsp3) is 0.500. The van der Waals surface area contributed by atoms with Crippen LogP contribution in [0.5, 0.6) is 0 Å². The molecule has 0 bridgehead atoms. The van der Waals surface area contributed by atoms with Gasteiger partial charge < -0.3 is 10.4 Å². The van der Waals surface area contributed by atoms with Crippen LogP contribution < -0.4 is 5.32 Å². The molecule has 0 aliphatic heterocycles. The van der Waals surface area contributed by atoms with Gasteiger partial charge in [-0.1, -0.05) is 36.7 Å². The summed E-state index contributed by atoms with van der Waals surface area (Å²) in [6.07, 6.45) is 0. The van der Waals surface area contributed by atoms with E-state index in [9.17, 15) is 9.90 Å². The van der Waals surface area contributed by atoms with Crippen molar-refractivity contribution in [1.29, 1.82) is 0 Å². The lowest BCUT2D eigenvalue weighted by atomic mass is 9.87. The zero-order valence-electron chi connectivity index (χ0n) is 11.4. The highest BCUT2D eigenvalue weighted by Crippen LogP contribution is 2.21. The van der Waals surface area contributed by atoms with Gasteiger partial charge in [0.1, 0.15) is 6.04 Å². The number of benzene rings is 1. The summed E-state index contributed by atoms with van der Waals surface area (Å²) in [4.78, 5) is 12.4. The van der Waals surface area contributed by atoms with Crippen LogP contribution in [0.2, 0.25) is 0 Å². The molecule has 0 amide bonds. The van der Waals surface area contributed by atoms with Crippen molar-refractivity contribution in [3.05, 3.63) is 28.7 Å². The van der Waals surface area contributed by atoms with E-state index in [-0.39, 0.29) is 5.41 Å². The van der Waals surface area contributed by atoms with Crippen molar-refractivity contribution in [2.24, 2.45) is 5.41 Å². The molecule has 1 aromatic carbocycles. The SMILES string of the molecule is CC(C)(C)C(NCCSc1ccc(Br)cc1)C(=O)O. The van der Waals surface area contributed by atoms with Crippen LogP contribution in [0.3, 0.4) is 0 Å². The summed E-state index contributed by atoms with van der Waals surface area (Å²) in [7, 11) is 0. The van der Waals surface area contributed by atoms with E-state index in [1.165, 1.54) is 4.90 Å². The minimum absolute atomic E-state index is 0.284. The third kappa shape index (κ3) is 5.97. The summed E-state index contributed by atoms with van der Waals surface area (Å²) >= 11 is 5.11. The summed E-state index contributed by atoms with van der Waals surface area (Å²) < 4.78 is 1.06. The van der Waals surface area contributed by atoms with Gasteiger partial charge in [0.05, 0.1) is 0 Å². The number of thioether (sulfide) groups is 1. The average molecular weight is 346 g/mol. The van der Waals surface area contributed by atoms with Crippen molar-refractivity contribution in [2.45, 2.75) is 31.7 Å². The minimum atomic E-state index is -0.791. The predicted octanol–water partition coefficient (Wildman–Crippen LogP) is 3.63. The van der Waals surface area contributed by atoms with Gasteiger partial charge in [0, 0.05) is 21.7 Å². The first-order valence-electron chi connectivity index (χ1n) is 6.15. The molecule has 19 heavy (non-hydrogen) atoms. The highest BCUT2D eigenvalue weighted by Gasteiger charge is 2.30. The smallest absolute Gasteiger partial charge is 0.321 e. The Balaban J connectivity index is 2.37. The number of hydrogen-bond donors (Lipinski definition) is 2. The Kier molecular flexibility index (Phi) is 6.36. The van der Waals surface area contributed by atoms with E-state index in [0.29, 0.717) is 6.54 Å². The van der Waals surface area contributed by atoms with Gasteiger partial charge in [-0.05, 0) is 29.7 Å². The van der Waals surface area contributed by atoms with Gasteiger partial charge in [0.2, 0.25) is 0 Å². The van der Waals surface area contributed by atoms with Crippen molar-refractivity contribution >= 4 is 33.7 Å². The van der Waals surface area contributed by atoms with Crippen molar-refractivity contribution in [2.75, 3.05) is 12.3 Å². The predicted molar refractivity (Wildman–Crippen MR) is 83.7 cm³/mol. The van der Waals surface area contributed by atoms with E-state index >= 15 is 0 Å². The second-order valence-corrected chi connectivity index (χ2v) is 7.48. The molecule has 106 valence electrons. The van der Waals surface area contributed by atoms with Gasteiger partial charge in [-0.25, -0.2) is 0 Å². The van der Waals surface area contributed by atoms with Crippen molar-refractivity contribution in [3.63, 3.8) is 0 Å². The van der Waals surface area contributed by atoms with Gasteiger partial charge in [0.25, 0.3) is 0 Å². The number of halogens is 1. The first kappa shape index (κ1) is 16.5. The number of hydrogen-bond acceptors (Lipinski definition) is 3. The van der Waals surface area contributed by atoms with Crippen molar-refractivity contribution in [3.8, 4) is 0 Å². The van der Waals surface area contributed by atoms with Gasteiger partial charge >= 0.3 is 5.97 Å². The molecule has 0 radical (unpaired) electrons. The molecule has 0 aliphatic carbocycles. The summed E-state index contributed by atoms with van der Waals surface area (Å²) in [6.45, 7) is 6.47. The molecule has 0 heterocycles.